The Bertz CT molecular complexity index is 1210. The van der Waals surface area contributed by atoms with E-state index in [1.807, 2.05) is 13.0 Å². The van der Waals surface area contributed by atoms with E-state index in [1.165, 1.54) is 26.0 Å². The third-order valence-corrected chi connectivity index (χ3v) is 4.50. The fourth-order valence-electron chi connectivity index (χ4n) is 3.03. The molecule has 0 spiro atoms. The van der Waals surface area contributed by atoms with E-state index in [-0.39, 0.29) is 24.0 Å². The van der Waals surface area contributed by atoms with Crippen molar-refractivity contribution < 1.29 is 23.5 Å². The van der Waals surface area contributed by atoms with Crippen molar-refractivity contribution in [3.8, 4) is 0 Å². The number of carbonyl (C=O) groups excluding carboxylic acids is 3. The maximum Gasteiger partial charge on any atom is 0.336 e. The summed E-state index contributed by atoms with van der Waals surface area (Å²) in [7, 11) is 0. The maximum atomic E-state index is 12.4. The first kappa shape index (κ1) is 21.8. The van der Waals surface area contributed by atoms with E-state index >= 15 is 0 Å². The highest BCUT2D eigenvalue weighted by Gasteiger charge is 2.19. The summed E-state index contributed by atoms with van der Waals surface area (Å²) in [6.45, 7) is 4.59. The Morgan fingerprint density at radius 3 is 2.58 bits per heavy atom. The second-order valence-corrected chi connectivity index (χ2v) is 7.16. The molecule has 0 bridgehead atoms. The molecule has 0 radical (unpaired) electrons. The van der Waals surface area contributed by atoms with E-state index in [1.54, 1.807) is 30.3 Å². The molecule has 0 fully saturated rings. The SMILES string of the molecule is CC(=O)Nc1ccc2c(COC(=O)[C@@H](C)NC(=O)c3cccc(C)c3)cc(=O)oc2c1. The number of aryl methyl sites for hydroxylation is 1. The maximum absolute atomic E-state index is 12.4. The number of amides is 2. The van der Waals surface area contributed by atoms with Crippen LogP contribution in [0.15, 0.2) is 57.7 Å². The lowest BCUT2D eigenvalue weighted by Gasteiger charge is -2.14. The van der Waals surface area contributed by atoms with Gasteiger partial charge >= 0.3 is 11.6 Å². The topological polar surface area (TPSA) is 115 Å². The Kier molecular flexibility index (Phi) is 6.49. The van der Waals surface area contributed by atoms with Crippen LogP contribution >= 0.6 is 0 Å². The van der Waals surface area contributed by atoms with Crippen LogP contribution in [0.2, 0.25) is 0 Å². The predicted molar refractivity (Wildman–Crippen MR) is 115 cm³/mol. The molecule has 8 heteroatoms. The number of ether oxygens (including phenoxy) is 1. The summed E-state index contributed by atoms with van der Waals surface area (Å²) in [5.74, 6) is -1.28. The average Bonchev–Trinajstić information content (AvgIpc) is 2.70. The fourth-order valence-corrected chi connectivity index (χ4v) is 3.03. The lowest BCUT2D eigenvalue weighted by Crippen LogP contribution is -2.39. The molecule has 0 aliphatic heterocycles. The number of esters is 1. The molecule has 3 aromatic rings. The Balaban J connectivity index is 1.69. The van der Waals surface area contributed by atoms with Gasteiger partial charge in [0.05, 0.1) is 0 Å². The quantitative estimate of drug-likeness (QED) is 0.466. The molecule has 0 unspecified atom stereocenters. The zero-order valence-corrected chi connectivity index (χ0v) is 17.4. The Morgan fingerprint density at radius 1 is 1.10 bits per heavy atom. The third-order valence-electron chi connectivity index (χ3n) is 4.50. The third kappa shape index (κ3) is 5.57. The number of nitrogens with one attached hydrogen (secondary N) is 2. The van der Waals surface area contributed by atoms with Crippen LogP contribution in [0.3, 0.4) is 0 Å². The Morgan fingerprint density at radius 2 is 1.87 bits per heavy atom. The summed E-state index contributed by atoms with van der Waals surface area (Å²) in [6.07, 6.45) is 0. The molecule has 160 valence electrons. The highest BCUT2D eigenvalue weighted by Crippen LogP contribution is 2.22. The van der Waals surface area contributed by atoms with Crippen LogP contribution in [0.1, 0.15) is 35.3 Å². The van der Waals surface area contributed by atoms with E-state index in [4.69, 9.17) is 9.15 Å². The minimum absolute atomic E-state index is 0.176. The first-order chi connectivity index (χ1) is 14.7. The van der Waals surface area contributed by atoms with Crippen LogP contribution in [0, 0.1) is 6.92 Å². The van der Waals surface area contributed by atoms with Crippen LogP contribution in [0.25, 0.3) is 11.0 Å². The summed E-state index contributed by atoms with van der Waals surface area (Å²) in [5, 5.41) is 5.78. The second kappa shape index (κ2) is 9.25. The highest BCUT2D eigenvalue weighted by atomic mass is 16.5. The first-order valence-corrected chi connectivity index (χ1v) is 9.61. The molecule has 0 aliphatic rings. The minimum Gasteiger partial charge on any atom is -0.459 e. The van der Waals surface area contributed by atoms with Crippen molar-refractivity contribution in [3.63, 3.8) is 0 Å². The van der Waals surface area contributed by atoms with Gasteiger partial charge in [-0.1, -0.05) is 17.7 Å². The van der Waals surface area contributed by atoms with Crippen molar-refractivity contribution in [2.75, 3.05) is 5.32 Å². The Hall–Kier alpha value is -3.94. The highest BCUT2D eigenvalue weighted by molar-refractivity contribution is 5.97. The molecule has 2 N–H and O–H groups in total. The van der Waals surface area contributed by atoms with Crippen LogP contribution in [-0.4, -0.2) is 23.8 Å². The number of rotatable bonds is 6. The van der Waals surface area contributed by atoms with Gasteiger partial charge < -0.3 is 19.8 Å². The van der Waals surface area contributed by atoms with Crippen molar-refractivity contribution in [2.45, 2.75) is 33.4 Å². The van der Waals surface area contributed by atoms with Crippen LogP contribution in [-0.2, 0) is 20.9 Å². The van der Waals surface area contributed by atoms with Crippen molar-refractivity contribution in [2.24, 2.45) is 0 Å². The van der Waals surface area contributed by atoms with E-state index in [0.717, 1.165) is 5.56 Å². The number of carbonyl (C=O) groups is 3. The fraction of sp³-hybridized carbons (Fsp3) is 0.217. The van der Waals surface area contributed by atoms with E-state index in [9.17, 15) is 19.2 Å². The van der Waals surface area contributed by atoms with E-state index in [0.29, 0.717) is 22.2 Å². The van der Waals surface area contributed by atoms with Gasteiger partial charge in [-0.05, 0) is 38.1 Å². The normalized spacial score (nSPS) is 11.6. The van der Waals surface area contributed by atoms with Gasteiger partial charge in [0.2, 0.25) is 5.91 Å². The number of hydrogen-bond acceptors (Lipinski definition) is 6. The standard InChI is InChI=1S/C23H22N2O6/c1-13-5-4-6-16(9-13)22(28)24-14(2)23(29)30-12-17-10-21(27)31-20-11-18(25-15(3)26)7-8-19(17)20/h4-11,14H,12H2,1-3H3,(H,24,28)(H,25,26)/t14-/m1/s1. The summed E-state index contributed by atoms with van der Waals surface area (Å²) >= 11 is 0. The second-order valence-electron chi connectivity index (χ2n) is 7.16. The molecule has 8 nitrogen and oxygen atoms in total. The van der Waals surface area contributed by atoms with E-state index in [2.05, 4.69) is 10.6 Å². The first-order valence-electron chi connectivity index (χ1n) is 9.61. The number of hydrogen-bond donors (Lipinski definition) is 2. The number of anilines is 1. The number of benzene rings is 2. The van der Waals surface area contributed by atoms with E-state index < -0.39 is 17.6 Å². The molecule has 1 atom stereocenters. The van der Waals surface area contributed by atoms with Gasteiger partial charge in [0.25, 0.3) is 5.91 Å². The molecule has 1 aromatic heterocycles. The van der Waals surface area contributed by atoms with Gasteiger partial charge in [0.15, 0.2) is 0 Å². The smallest absolute Gasteiger partial charge is 0.336 e. The summed E-state index contributed by atoms with van der Waals surface area (Å²) in [4.78, 5) is 47.8. The summed E-state index contributed by atoms with van der Waals surface area (Å²) in [6, 6.07) is 12.2. The zero-order valence-electron chi connectivity index (χ0n) is 17.4. The molecule has 31 heavy (non-hydrogen) atoms. The minimum atomic E-state index is -0.884. The summed E-state index contributed by atoms with van der Waals surface area (Å²) < 4.78 is 10.5. The average molecular weight is 422 g/mol. The molecule has 0 saturated carbocycles. The van der Waals surface area contributed by atoms with Gasteiger partial charge in [0, 0.05) is 41.3 Å². The summed E-state index contributed by atoms with van der Waals surface area (Å²) in [5.41, 5.74) is 1.95. The molecule has 1 heterocycles. The van der Waals surface area contributed by atoms with Gasteiger partial charge in [-0.15, -0.1) is 0 Å². The zero-order chi connectivity index (χ0) is 22.5. The predicted octanol–water partition coefficient (Wildman–Crippen LogP) is 2.92. The molecule has 2 amide bonds. The van der Waals surface area contributed by atoms with Crippen molar-refractivity contribution in [1.29, 1.82) is 0 Å². The molecule has 0 aliphatic carbocycles. The molecular formula is C23H22N2O6. The van der Waals surface area contributed by atoms with Crippen LogP contribution < -0.4 is 16.3 Å². The van der Waals surface area contributed by atoms with Gasteiger partial charge in [-0.25, -0.2) is 9.59 Å². The van der Waals surface area contributed by atoms with Gasteiger partial charge in [-0.3, -0.25) is 9.59 Å². The lowest BCUT2D eigenvalue weighted by molar-refractivity contribution is -0.146. The van der Waals surface area contributed by atoms with Crippen LogP contribution in [0.4, 0.5) is 5.69 Å². The molecule has 0 saturated heterocycles. The molecular weight excluding hydrogens is 400 g/mol. The monoisotopic (exact) mass is 422 g/mol. The molecule has 3 rings (SSSR count). The largest absolute Gasteiger partial charge is 0.459 e. The van der Waals surface area contributed by atoms with Gasteiger partial charge in [-0.2, -0.15) is 0 Å². The van der Waals surface area contributed by atoms with Crippen LogP contribution in [0.5, 0.6) is 0 Å². The Labute approximate surface area is 178 Å². The van der Waals surface area contributed by atoms with Crippen molar-refractivity contribution in [1.82, 2.24) is 5.32 Å². The van der Waals surface area contributed by atoms with Gasteiger partial charge in [0.1, 0.15) is 18.2 Å². The number of fused-ring (bicyclic) bond motifs is 1. The van der Waals surface area contributed by atoms with Crippen molar-refractivity contribution in [3.05, 3.63) is 75.6 Å². The lowest BCUT2D eigenvalue weighted by atomic mass is 10.1. The molecule has 2 aromatic carbocycles. The van der Waals surface area contributed by atoms with Crippen molar-refractivity contribution >= 4 is 34.4 Å².